The van der Waals surface area contributed by atoms with Crippen LogP contribution in [0.1, 0.15) is 54.1 Å². The van der Waals surface area contributed by atoms with Gasteiger partial charge in [-0.25, -0.2) is 4.21 Å². The molecular formula is C20H22ClNO7S. The van der Waals surface area contributed by atoms with Crippen molar-refractivity contribution in [2.75, 3.05) is 13.2 Å². The summed E-state index contributed by atoms with van der Waals surface area (Å²) < 4.78 is 26.1. The third-order valence-corrected chi connectivity index (χ3v) is 6.01. The molecule has 2 aliphatic rings. The number of carbonyl (C=O) groups excluding carboxylic acids is 3. The van der Waals surface area contributed by atoms with Crippen LogP contribution in [0.15, 0.2) is 17.3 Å². The van der Waals surface area contributed by atoms with Crippen molar-refractivity contribution in [3.63, 3.8) is 0 Å². The predicted octanol–water partition coefficient (Wildman–Crippen LogP) is 2.71. The van der Waals surface area contributed by atoms with Gasteiger partial charge in [-0.1, -0.05) is 22.8 Å². The zero-order valence-electron chi connectivity index (χ0n) is 16.4. The van der Waals surface area contributed by atoms with Crippen molar-refractivity contribution in [3.8, 4) is 0 Å². The number of hydrogen-bond acceptors (Lipinski definition) is 7. The molecule has 10 heteroatoms. The molecule has 1 aliphatic heterocycles. The molecule has 0 radical (unpaired) electrons. The number of rotatable bonds is 8. The first-order valence-corrected chi connectivity index (χ1v) is 11.3. The van der Waals surface area contributed by atoms with Gasteiger partial charge in [-0.05, 0) is 25.0 Å². The number of ketones is 3. The highest BCUT2D eigenvalue weighted by atomic mass is 35.5. The van der Waals surface area contributed by atoms with E-state index in [4.69, 9.17) is 21.2 Å². The van der Waals surface area contributed by atoms with Gasteiger partial charge in [-0.3, -0.25) is 14.4 Å². The first kappa shape index (κ1) is 22.7. The number of Topliss-reactive ketones (excluding diaryl/α,β-unsaturated/α-hetero) is 3. The van der Waals surface area contributed by atoms with E-state index in [9.17, 15) is 23.1 Å². The Bertz CT molecular complexity index is 914. The summed E-state index contributed by atoms with van der Waals surface area (Å²) >= 11 is 4.39. The van der Waals surface area contributed by atoms with Crippen molar-refractivity contribution in [2.24, 2.45) is 11.1 Å². The molecule has 0 bridgehead atoms. The lowest BCUT2D eigenvalue weighted by Crippen LogP contribution is -2.35. The first-order chi connectivity index (χ1) is 14.3. The highest BCUT2D eigenvalue weighted by Crippen LogP contribution is 2.33. The van der Waals surface area contributed by atoms with Crippen LogP contribution in [0.4, 0.5) is 0 Å². The summed E-state index contributed by atoms with van der Waals surface area (Å²) in [5.41, 5.74) is 1.17. The Labute approximate surface area is 181 Å². The van der Waals surface area contributed by atoms with Crippen LogP contribution >= 0.6 is 11.6 Å². The highest BCUT2D eigenvalue weighted by Gasteiger charge is 2.38. The SMILES string of the molecule is CCOCC1CC(c2c(CS(=O)O)ccc(C(=O)C3C(=O)CCCC3=O)c2Cl)=NO1. The first-order valence-electron chi connectivity index (χ1n) is 9.62. The minimum atomic E-state index is -2.15. The minimum Gasteiger partial charge on any atom is -0.389 e. The quantitative estimate of drug-likeness (QED) is 0.363. The minimum absolute atomic E-state index is 0.00599. The Morgan fingerprint density at radius 2 is 2.03 bits per heavy atom. The molecule has 1 aromatic rings. The summed E-state index contributed by atoms with van der Waals surface area (Å²) in [7, 11) is 0. The maximum atomic E-state index is 13.0. The molecule has 8 nitrogen and oxygen atoms in total. The Morgan fingerprint density at radius 1 is 1.33 bits per heavy atom. The maximum Gasteiger partial charge on any atom is 0.182 e. The number of oxime groups is 1. The van der Waals surface area contributed by atoms with Gasteiger partial charge >= 0.3 is 0 Å². The van der Waals surface area contributed by atoms with Crippen molar-refractivity contribution >= 4 is 45.7 Å². The van der Waals surface area contributed by atoms with Gasteiger partial charge in [0.2, 0.25) is 0 Å². The summed E-state index contributed by atoms with van der Waals surface area (Å²) in [6, 6.07) is 2.89. The van der Waals surface area contributed by atoms with Gasteiger partial charge in [-0.2, -0.15) is 0 Å². The third-order valence-electron chi connectivity index (χ3n) is 5.05. The van der Waals surface area contributed by atoms with Gasteiger partial charge in [0, 0.05) is 37.0 Å². The molecule has 0 spiro atoms. The second-order valence-corrected chi connectivity index (χ2v) is 8.45. The molecule has 1 fully saturated rings. The molecule has 2 unspecified atom stereocenters. The molecule has 1 saturated carbocycles. The smallest absolute Gasteiger partial charge is 0.182 e. The van der Waals surface area contributed by atoms with Crippen LogP contribution in [-0.2, 0) is 36.0 Å². The van der Waals surface area contributed by atoms with E-state index in [1.165, 1.54) is 12.1 Å². The van der Waals surface area contributed by atoms with E-state index in [0.717, 1.165) is 0 Å². The van der Waals surface area contributed by atoms with Crippen LogP contribution in [0.3, 0.4) is 0 Å². The van der Waals surface area contributed by atoms with Gasteiger partial charge in [0.1, 0.15) is 5.92 Å². The molecule has 3 rings (SSSR count). The van der Waals surface area contributed by atoms with Crippen LogP contribution in [0.2, 0.25) is 5.02 Å². The van der Waals surface area contributed by atoms with Gasteiger partial charge in [0.05, 0.1) is 23.1 Å². The zero-order valence-corrected chi connectivity index (χ0v) is 18.0. The van der Waals surface area contributed by atoms with Crippen molar-refractivity contribution in [3.05, 3.63) is 33.8 Å². The maximum absolute atomic E-state index is 13.0. The summed E-state index contributed by atoms with van der Waals surface area (Å²) in [5, 5.41) is 4.03. The second kappa shape index (κ2) is 9.91. The van der Waals surface area contributed by atoms with Crippen molar-refractivity contribution in [2.45, 2.75) is 44.5 Å². The number of hydrogen-bond donors (Lipinski definition) is 1. The largest absolute Gasteiger partial charge is 0.389 e. The van der Waals surface area contributed by atoms with E-state index in [1.807, 2.05) is 6.92 Å². The Morgan fingerprint density at radius 3 is 2.67 bits per heavy atom. The monoisotopic (exact) mass is 455 g/mol. The highest BCUT2D eigenvalue weighted by molar-refractivity contribution is 7.78. The molecule has 0 amide bonds. The fourth-order valence-corrected chi connectivity index (χ4v) is 4.53. The van der Waals surface area contributed by atoms with Crippen molar-refractivity contribution in [1.82, 2.24) is 0 Å². The average Bonchev–Trinajstić information content (AvgIpc) is 3.14. The van der Waals surface area contributed by atoms with Crippen LogP contribution in [0.5, 0.6) is 0 Å². The molecule has 1 N–H and O–H groups in total. The zero-order chi connectivity index (χ0) is 21.8. The molecule has 0 saturated heterocycles. The summed E-state index contributed by atoms with van der Waals surface area (Å²) in [5.74, 6) is -3.05. The standard InChI is InChI=1S/C20H22ClNO7S/c1-2-28-9-12-8-14(22-29-12)17-11(10-30(26)27)6-7-13(19(17)21)20(25)18-15(23)4-3-5-16(18)24/h6-7,12,18H,2-5,8-10H2,1H3,(H,26,27). The van der Waals surface area contributed by atoms with Gasteiger partial charge < -0.3 is 14.1 Å². The molecule has 1 aromatic carbocycles. The lowest BCUT2D eigenvalue weighted by atomic mass is 9.81. The Balaban J connectivity index is 1.98. The lowest BCUT2D eigenvalue weighted by molar-refractivity contribution is -0.133. The van der Waals surface area contributed by atoms with Gasteiger partial charge in [0.25, 0.3) is 0 Å². The van der Waals surface area contributed by atoms with Gasteiger partial charge in [0.15, 0.2) is 34.5 Å². The van der Waals surface area contributed by atoms with Crippen LogP contribution < -0.4 is 0 Å². The fourth-order valence-electron chi connectivity index (χ4n) is 3.64. The Kier molecular flexibility index (Phi) is 7.51. The number of nitrogens with zero attached hydrogens (tertiary/aromatic N) is 1. The molecular weight excluding hydrogens is 434 g/mol. The van der Waals surface area contributed by atoms with E-state index in [-0.39, 0.29) is 35.3 Å². The summed E-state index contributed by atoms with van der Waals surface area (Å²) in [4.78, 5) is 42.8. The van der Waals surface area contributed by atoms with E-state index in [0.29, 0.717) is 42.9 Å². The van der Waals surface area contributed by atoms with E-state index >= 15 is 0 Å². The average molecular weight is 456 g/mol. The van der Waals surface area contributed by atoms with Crippen LogP contribution in [0, 0.1) is 5.92 Å². The molecule has 162 valence electrons. The fraction of sp³-hybridized carbons (Fsp3) is 0.500. The van der Waals surface area contributed by atoms with Gasteiger partial charge in [-0.15, -0.1) is 0 Å². The van der Waals surface area contributed by atoms with Crippen LogP contribution in [-0.4, -0.2) is 51.1 Å². The third kappa shape index (κ3) is 4.85. The summed E-state index contributed by atoms with van der Waals surface area (Å²) in [6.45, 7) is 2.68. The number of carbonyl (C=O) groups is 3. The number of halogens is 1. The number of benzene rings is 1. The molecule has 0 aromatic heterocycles. The topological polar surface area (TPSA) is 119 Å². The molecule has 1 heterocycles. The molecule has 2 atom stereocenters. The normalized spacial score (nSPS) is 20.8. The van der Waals surface area contributed by atoms with Crippen molar-refractivity contribution in [1.29, 1.82) is 0 Å². The van der Waals surface area contributed by atoms with Crippen LogP contribution in [0.25, 0.3) is 0 Å². The van der Waals surface area contributed by atoms with E-state index < -0.39 is 34.3 Å². The Hall–Kier alpha value is -1.94. The van der Waals surface area contributed by atoms with Crippen molar-refractivity contribution < 1.29 is 32.7 Å². The number of ether oxygens (including phenoxy) is 1. The molecule has 1 aliphatic carbocycles. The van der Waals surface area contributed by atoms with E-state index in [2.05, 4.69) is 5.16 Å². The van der Waals surface area contributed by atoms with E-state index in [1.54, 1.807) is 0 Å². The molecule has 30 heavy (non-hydrogen) atoms. The predicted molar refractivity (Wildman–Crippen MR) is 110 cm³/mol. The lowest BCUT2D eigenvalue weighted by Gasteiger charge is -2.20. The second-order valence-electron chi connectivity index (χ2n) is 7.14. The summed E-state index contributed by atoms with van der Waals surface area (Å²) in [6.07, 6.45) is 0.784.